The van der Waals surface area contributed by atoms with Crippen LogP contribution < -0.4 is 0 Å². The van der Waals surface area contributed by atoms with Crippen LogP contribution in [0.4, 0.5) is 0 Å². The topological polar surface area (TPSA) is 6.48 Å². The minimum Gasteiger partial charge on any atom is -0.308 e. The van der Waals surface area contributed by atoms with Gasteiger partial charge in [0, 0.05) is 19.6 Å². The summed E-state index contributed by atoms with van der Waals surface area (Å²) in [6, 6.07) is 0. The lowest BCUT2D eigenvalue weighted by Crippen LogP contribution is -2.32. The average Bonchev–Trinajstić information content (AvgIpc) is 3.03. The molecule has 0 heterocycles. The van der Waals surface area contributed by atoms with Gasteiger partial charge in [0.2, 0.25) is 0 Å². The largest absolute Gasteiger partial charge is 0.308 e. The number of nitrogens with zero attached hydrogens (tertiary/aromatic N) is 2. The third-order valence-electron chi connectivity index (χ3n) is 9.12. The van der Waals surface area contributed by atoms with E-state index in [1.54, 1.807) is 0 Å². The normalized spacial score (nSPS) is 12.7. The third-order valence-corrected chi connectivity index (χ3v) is 9.12. The fraction of sp³-hybridized carbons (Fsp3) is 0.814. The summed E-state index contributed by atoms with van der Waals surface area (Å²) < 4.78 is 0. The summed E-state index contributed by atoms with van der Waals surface area (Å²) in [5.41, 5.74) is 0. The lowest BCUT2D eigenvalue weighted by molar-refractivity contribution is 0.228. The van der Waals surface area contributed by atoms with Crippen molar-refractivity contribution in [1.82, 2.24) is 9.80 Å². The van der Waals surface area contributed by atoms with Crippen LogP contribution in [0, 0.1) is 5.92 Å². The second-order valence-electron chi connectivity index (χ2n) is 14.2. The molecule has 0 unspecified atom stereocenters. The molecule has 0 radical (unpaired) electrons. The molecule has 0 saturated carbocycles. The molecule has 0 aliphatic heterocycles. The quantitative estimate of drug-likeness (QED) is 0.0510. The lowest BCUT2D eigenvalue weighted by Gasteiger charge is -2.25. The number of allylic oxidation sites excluding steroid dienone is 8. The summed E-state index contributed by atoms with van der Waals surface area (Å²) in [4.78, 5) is 4.91. The molecular formula is C43H82N2. The van der Waals surface area contributed by atoms with E-state index in [4.69, 9.17) is 0 Å². The van der Waals surface area contributed by atoms with E-state index >= 15 is 0 Å². The van der Waals surface area contributed by atoms with Crippen LogP contribution in [0.2, 0.25) is 0 Å². The van der Waals surface area contributed by atoms with Crippen molar-refractivity contribution in [3.8, 4) is 0 Å². The lowest BCUT2D eigenvalue weighted by atomic mass is 9.93. The third kappa shape index (κ3) is 37.2. The number of unbranched alkanes of at least 4 members (excludes halogenated alkanes) is 18. The van der Waals surface area contributed by atoms with Crippen LogP contribution >= 0.6 is 0 Å². The van der Waals surface area contributed by atoms with E-state index in [1.807, 2.05) is 0 Å². The fourth-order valence-electron chi connectivity index (χ4n) is 6.07. The Kier molecular flexibility index (Phi) is 36.4. The molecule has 0 rings (SSSR count). The summed E-state index contributed by atoms with van der Waals surface area (Å²) in [5.74, 6) is 0.883. The molecule has 264 valence electrons. The predicted molar refractivity (Wildman–Crippen MR) is 207 cm³/mol. The minimum absolute atomic E-state index is 0.883. The van der Waals surface area contributed by atoms with Crippen LogP contribution in [0.3, 0.4) is 0 Å². The molecule has 0 bridgehead atoms. The van der Waals surface area contributed by atoms with Gasteiger partial charge in [-0.1, -0.05) is 152 Å². The number of hydrogen-bond acceptors (Lipinski definition) is 2. The second-order valence-corrected chi connectivity index (χ2v) is 14.2. The molecule has 2 nitrogen and oxygen atoms in total. The zero-order valence-corrected chi connectivity index (χ0v) is 31.6. The number of rotatable bonds is 35. The van der Waals surface area contributed by atoms with Crippen molar-refractivity contribution in [1.29, 1.82) is 0 Å². The highest BCUT2D eigenvalue weighted by atomic mass is 15.1. The van der Waals surface area contributed by atoms with E-state index in [9.17, 15) is 0 Å². The Balaban J connectivity index is 3.95. The molecule has 0 fully saturated rings. The standard InChI is InChI=1S/C43H82N2/c1-6-8-10-12-14-16-18-20-22-24-26-28-30-32-34-36-38-43(42-45(5)41-40-44(3)4)39-37-35-33-31-29-27-25-23-21-19-17-15-13-11-9-7-2/h14-17,20-23,43H,6-13,18-19,24-42H2,1-5H3/b16-14-,17-15-,22-20-,23-21-. The highest BCUT2D eigenvalue weighted by Crippen LogP contribution is 2.20. The van der Waals surface area contributed by atoms with E-state index in [0.29, 0.717) is 0 Å². The van der Waals surface area contributed by atoms with Gasteiger partial charge in [0.05, 0.1) is 0 Å². The maximum absolute atomic E-state index is 2.59. The Morgan fingerprint density at radius 3 is 1.13 bits per heavy atom. The predicted octanol–water partition coefficient (Wildman–Crippen LogP) is 13.5. The van der Waals surface area contributed by atoms with Gasteiger partial charge in [-0.2, -0.15) is 0 Å². The van der Waals surface area contributed by atoms with Gasteiger partial charge >= 0.3 is 0 Å². The average molecular weight is 627 g/mol. The van der Waals surface area contributed by atoms with E-state index in [-0.39, 0.29) is 0 Å². The van der Waals surface area contributed by atoms with E-state index in [0.717, 1.165) is 18.8 Å². The summed E-state index contributed by atoms with van der Waals surface area (Å²) in [7, 11) is 6.73. The van der Waals surface area contributed by atoms with E-state index in [1.165, 1.54) is 174 Å². The van der Waals surface area contributed by atoms with Gasteiger partial charge in [0.25, 0.3) is 0 Å². The zero-order valence-electron chi connectivity index (χ0n) is 31.6. The summed E-state index contributed by atoms with van der Waals surface area (Å²) in [6.07, 6.45) is 54.1. The van der Waals surface area contributed by atoms with Gasteiger partial charge in [0.15, 0.2) is 0 Å². The van der Waals surface area contributed by atoms with Crippen LogP contribution in [-0.4, -0.2) is 50.6 Å². The number of likely N-dealkylation sites (N-methyl/N-ethyl adjacent to an activating group) is 2. The highest BCUT2D eigenvalue weighted by molar-refractivity contribution is 4.93. The molecule has 0 aromatic rings. The van der Waals surface area contributed by atoms with Crippen LogP contribution in [0.1, 0.15) is 181 Å². The highest BCUT2D eigenvalue weighted by Gasteiger charge is 2.12. The first-order chi connectivity index (χ1) is 22.1. The molecule has 45 heavy (non-hydrogen) atoms. The Hall–Kier alpha value is -1.12. The van der Waals surface area contributed by atoms with Crippen molar-refractivity contribution in [2.75, 3.05) is 40.8 Å². The van der Waals surface area contributed by atoms with E-state index < -0.39 is 0 Å². The zero-order chi connectivity index (χ0) is 32.9. The molecule has 0 aliphatic carbocycles. The molecular weight excluding hydrogens is 544 g/mol. The van der Waals surface area contributed by atoms with Crippen LogP contribution in [0.25, 0.3) is 0 Å². The molecule has 0 amide bonds. The van der Waals surface area contributed by atoms with Crippen LogP contribution in [0.5, 0.6) is 0 Å². The molecule has 0 saturated heterocycles. The molecule has 0 aliphatic rings. The van der Waals surface area contributed by atoms with Crippen molar-refractivity contribution in [2.24, 2.45) is 5.92 Å². The smallest absolute Gasteiger partial charge is 0.0106 e. The van der Waals surface area contributed by atoms with Gasteiger partial charge in [-0.15, -0.1) is 0 Å². The van der Waals surface area contributed by atoms with Gasteiger partial charge in [0.1, 0.15) is 0 Å². The van der Waals surface area contributed by atoms with Gasteiger partial charge in [-0.05, 0) is 104 Å². The monoisotopic (exact) mass is 627 g/mol. The van der Waals surface area contributed by atoms with Crippen molar-refractivity contribution in [3.63, 3.8) is 0 Å². The molecule has 0 aromatic heterocycles. The Morgan fingerprint density at radius 2 is 0.756 bits per heavy atom. The van der Waals surface area contributed by atoms with Crippen molar-refractivity contribution in [3.05, 3.63) is 48.6 Å². The fourth-order valence-corrected chi connectivity index (χ4v) is 6.07. The molecule has 0 atom stereocenters. The minimum atomic E-state index is 0.883. The maximum atomic E-state index is 2.59. The molecule has 0 aromatic carbocycles. The summed E-state index contributed by atoms with van der Waals surface area (Å²) >= 11 is 0. The SMILES string of the molecule is CCCCC/C=C\C/C=C\CCCCCCCCC(CCCCCCCC/C=C\C/C=C\CCCCC)CN(C)CCN(C)C. The Bertz CT molecular complexity index is 625. The van der Waals surface area contributed by atoms with E-state index in [2.05, 4.69) is 93.4 Å². The molecule has 2 heteroatoms. The van der Waals surface area contributed by atoms with Gasteiger partial charge < -0.3 is 9.80 Å². The first-order valence-corrected chi connectivity index (χ1v) is 20.0. The van der Waals surface area contributed by atoms with Crippen LogP contribution in [-0.2, 0) is 0 Å². The second kappa shape index (κ2) is 37.3. The summed E-state index contributed by atoms with van der Waals surface area (Å²) in [6.45, 7) is 8.19. The van der Waals surface area contributed by atoms with Crippen molar-refractivity contribution in [2.45, 2.75) is 181 Å². The maximum Gasteiger partial charge on any atom is 0.0106 e. The Labute approximate surface area is 285 Å². The van der Waals surface area contributed by atoms with Crippen LogP contribution in [0.15, 0.2) is 48.6 Å². The first kappa shape index (κ1) is 43.9. The first-order valence-electron chi connectivity index (χ1n) is 20.0. The molecule has 0 spiro atoms. The Morgan fingerprint density at radius 1 is 0.400 bits per heavy atom. The summed E-state index contributed by atoms with van der Waals surface area (Å²) in [5, 5.41) is 0. The number of hydrogen-bond donors (Lipinski definition) is 0. The molecule has 0 N–H and O–H groups in total. The van der Waals surface area contributed by atoms with Crippen molar-refractivity contribution >= 4 is 0 Å². The van der Waals surface area contributed by atoms with Crippen molar-refractivity contribution < 1.29 is 0 Å². The van der Waals surface area contributed by atoms with Gasteiger partial charge in [-0.25, -0.2) is 0 Å². The van der Waals surface area contributed by atoms with Gasteiger partial charge in [-0.3, -0.25) is 0 Å².